The number of benzene rings is 1. The first-order valence-electron chi connectivity index (χ1n) is 5.46. The molecule has 1 aromatic rings. The molecule has 0 saturated carbocycles. The zero-order valence-corrected chi connectivity index (χ0v) is 12.9. The van der Waals surface area contributed by atoms with Crippen LogP contribution in [0, 0.1) is 17.6 Å². The molecule has 0 aliphatic rings. The van der Waals surface area contributed by atoms with Crippen molar-refractivity contribution in [1.29, 1.82) is 0 Å². The van der Waals surface area contributed by atoms with E-state index in [2.05, 4.69) is 15.9 Å². The predicted molar refractivity (Wildman–Crippen MR) is 70.6 cm³/mol. The number of halogens is 3. The summed E-state index contributed by atoms with van der Waals surface area (Å²) in [6.45, 7) is 2.99. The van der Waals surface area contributed by atoms with E-state index >= 15 is 0 Å². The summed E-state index contributed by atoms with van der Waals surface area (Å²) in [5.41, 5.74) is 0. The van der Waals surface area contributed by atoms with Gasteiger partial charge in [-0.3, -0.25) is 4.79 Å². The first-order chi connectivity index (χ1) is 9.06. The third-order valence-corrected chi connectivity index (χ3v) is 4.85. The Bertz CT molecular complexity index is 610. The summed E-state index contributed by atoms with van der Waals surface area (Å²) >= 11 is 2.75. The fourth-order valence-corrected chi connectivity index (χ4v) is 3.99. The Hall–Kier alpha value is -1.06. The minimum atomic E-state index is -4.45. The summed E-state index contributed by atoms with van der Waals surface area (Å²) in [4.78, 5) is 10.2. The average molecular weight is 372 g/mol. The van der Waals surface area contributed by atoms with Crippen molar-refractivity contribution in [1.82, 2.24) is 4.72 Å². The van der Waals surface area contributed by atoms with Gasteiger partial charge in [-0.15, -0.1) is 0 Å². The van der Waals surface area contributed by atoms with Gasteiger partial charge in [0.2, 0.25) is 10.0 Å². The van der Waals surface area contributed by atoms with Crippen LogP contribution in [0.15, 0.2) is 21.5 Å². The molecule has 1 rings (SSSR count). The SMILES string of the molecule is CC(C)[C@@H](NS(=O)(=O)c1c(F)cc(F)cc1Br)C(=O)O. The largest absolute Gasteiger partial charge is 0.480 e. The molecule has 2 N–H and O–H groups in total. The van der Waals surface area contributed by atoms with Gasteiger partial charge < -0.3 is 5.11 Å². The number of sulfonamides is 1. The molecule has 0 aliphatic carbocycles. The quantitative estimate of drug-likeness (QED) is 0.830. The molecule has 0 aromatic heterocycles. The second kappa shape index (κ2) is 6.15. The van der Waals surface area contributed by atoms with E-state index in [4.69, 9.17) is 5.11 Å². The summed E-state index contributed by atoms with van der Waals surface area (Å²) in [5, 5.41) is 8.94. The van der Waals surface area contributed by atoms with Crippen LogP contribution < -0.4 is 4.72 Å². The fourth-order valence-electron chi connectivity index (χ4n) is 1.48. The standard InChI is InChI=1S/C11H12BrF2NO4S/c1-5(2)9(11(16)17)15-20(18,19)10-7(12)3-6(13)4-8(10)14/h3-5,9,15H,1-2H3,(H,16,17)/t9-/m1/s1. The molecule has 0 heterocycles. The van der Waals surface area contributed by atoms with Gasteiger partial charge in [-0.2, -0.15) is 4.72 Å². The molecule has 0 spiro atoms. The molecule has 9 heteroatoms. The topological polar surface area (TPSA) is 83.5 Å². The van der Waals surface area contributed by atoms with Gasteiger partial charge >= 0.3 is 5.97 Å². The van der Waals surface area contributed by atoms with Crippen LogP contribution in [0.4, 0.5) is 8.78 Å². The van der Waals surface area contributed by atoms with Gasteiger partial charge in [-0.05, 0) is 27.9 Å². The van der Waals surface area contributed by atoms with E-state index in [1.165, 1.54) is 13.8 Å². The first-order valence-corrected chi connectivity index (χ1v) is 7.73. The van der Waals surface area contributed by atoms with Crippen molar-refractivity contribution in [2.24, 2.45) is 5.92 Å². The van der Waals surface area contributed by atoms with Crippen molar-refractivity contribution in [2.75, 3.05) is 0 Å². The molecule has 1 atom stereocenters. The number of carbonyl (C=O) groups is 1. The molecular weight excluding hydrogens is 360 g/mol. The third-order valence-electron chi connectivity index (χ3n) is 2.45. The van der Waals surface area contributed by atoms with Crippen LogP contribution in [-0.2, 0) is 14.8 Å². The van der Waals surface area contributed by atoms with E-state index in [1.807, 2.05) is 4.72 Å². The Balaban J connectivity index is 3.28. The summed E-state index contributed by atoms with van der Waals surface area (Å²) in [5.74, 6) is -4.20. The maximum Gasteiger partial charge on any atom is 0.322 e. The summed E-state index contributed by atoms with van der Waals surface area (Å²) < 4.78 is 52.2. The van der Waals surface area contributed by atoms with Crippen LogP contribution >= 0.6 is 15.9 Å². The van der Waals surface area contributed by atoms with Crippen LogP contribution in [0.1, 0.15) is 13.8 Å². The van der Waals surface area contributed by atoms with Gasteiger partial charge in [-0.1, -0.05) is 13.8 Å². The van der Waals surface area contributed by atoms with Gasteiger partial charge in [0, 0.05) is 10.5 Å². The summed E-state index contributed by atoms with van der Waals surface area (Å²) in [6.07, 6.45) is 0. The fraction of sp³-hybridized carbons (Fsp3) is 0.364. The van der Waals surface area contributed by atoms with Crippen LogP contribution in [0.25, 0.3) is 0 Å². The molecule has 0 radical (unpaired) electrons. The van der Waals surface area contributed by atoms with Gasteiger partial charge in [-0.25, -0.2) is 17.2 Å². The van der Waals surface area contributed by atoms with E-state index in [9.17, 15) is 22.0 Å². The summed E-state index contributed by atoms with van der Waals surface area (Å²) in [6, 6.07) is -0.232. The Kier molecular flexibility index (Phi) is 5.22. The van der Waals surface area contributed by atoms with Crippen molar-refractivity contribution in [3.63, 3.8) is 0 Å². The van der Waals surface area contributed by atoms with Crippen LogP contribution in [0.5, 0.6) is 0 Å². The second-order valence-corrected chi connectivity index (χ2v) is 6.88. The third kappa shape index (κ3) is 3.74. The lowest BCUT2D eigenvalue weighted by atomic mass is 10.1. The minimum absolute atomic E-state index is 0.324. The maximum absolute atomic E-state index is 13.6. The Morgan fingerprint density at radius 1 is 1.35 bits per heavy atom. The summed E-state index contributed by atoms with van der Waals surface area (Å²) in [7, 11) is -4.45. The molecule has 0 fully saturated rings. The van der Waals surface area contributed by atoms with E-state index in [0.717, 1.165) is 6.07 Å². The molecule has 20 heavy (non-hydrogen) atoms. The van der Waals surface area contributed by atoms with Crippen molar-refractivity contribution < 1.29 is 27.1 Å². The molecule has 0 bridgehead atoms. The van der Waals surface area contributed by atoms with Crippen molar-refractivity contribution in [3.8, 4) is 0 Å². The number of carboxylic acids is 1. The highest BCUT2D eigenvalue weighted by molar-refractivity contribution is 9.10. The first kappa shape index (κ1) is 17.0. The molecule has 5 nitrogen and oxygen atoms in total. The van der Waals surface area contributed by atoms with Crippen LogP contribution in [-0.4, -0.2) is 25.5 Å². The molecule has 1 aromatic carbocycles. The molecule has 112 valence electrons. The number of hydrogen-bond donors (Lipinski definition) is 2. The minimum Gasteiger partial charge on any atom is -0.480 e. The van der Waals surface area contributed by atoms with Gasteiger partial charge in [0.15, 0.2) is 0 Å². The Morgan fingerprint density at radius 3 is 2.30 bits per heavy atom. The number of aliphatic carboxylic acids is 1. The highest BCUT2D eigenvalue weighted by atomic mass is 79.9. The smallest absolute Gasteiger partial charge is 0.322 e. The van der Waals surface area contributed by atoms with Gasteiger partial charge in [0.25, 0.3) is 0 Å². The van der Waals surface area contributed by atoms with Crippen molar-refractivity contribution in [3.05, 3.63) is 28.2 Å². The lowest BCUT2D eigenvalue weighted by Crippen LogP contribution is -2.44. The van der Waals surface area contributed by atoms with Gasteiger partial charge in [0.1, 0.15) is 22.6 Å². The van der Waals surface area contributed by atoms with E-state index in [1.54, 1.807) is 0 Å². The van der Waals surface area contributed by atoms with Gasteiger partial charge in [0.05, 0.1) is 0 Å². The number of carboxylic acid groups (broad SMARTS) is 1. The highest BCUT2D eigenvalue weighted by Gasteiger charge is 2.31. The lowest BCUT2D eigenvalue weighted by Gasteiger charge is -2.18. The van der Waals surface area contributed by atoms with E-state index < -0.39 is 44.5 Å². The van der Waals surface area contributed by atoms with E-state index in [0.29, 0.717) is 6.07 Å². The van der Waals surface area contributed by atoms with E-state index in [-0.39, 0.29) is 4.47 Å². The molecular formula is C11H12BrF2NO4S. The van der Waals surface area contributed by atoms with Crippen molar-refractivity contribution >= 4 is 31.9 Å². The maximum atomic E-state index is 13.6. The predicted octanol–water partition coefficient (Wildman–Crippen LogP) is 2.11. The van der Waals surface area contributed by atoms with Crippen molar-refractivity contribution in [2.45, 2.75) is 24.8 Å². The Labute approximate surface area is 123 Å². The number of nitrogens with one attached hydrogen (secondary N) is 1. The molecule has 0 amide bonds. The number of hydrogen-bond acceptors (Lipinski definition) is 3. The zero-order valence-electron chi connectivity index (χ0n) is 10.5. The monoisotopic (exact) mass is 371 g/mol. The Morgan fingerprint density at radius 2 is 1.90 bits per heavy atom. The van der Waals surface area contributed by atoms with Crippen LogP contribution in [0.2, 0.25) is 0 Å². The molecule has 0 aliphatic heterocycles. The molecule has 0 unspecified atom stereocenters. The zero-order chi connectivity index (χ0) is 15.7. The number of rotatable bonds is 5. The highest BCUT2D eigenvalue weighted by Crippen LogP contribution is 2.26. The molecule has 0 saturated heterocycles. The average Bonchev–Trinajstić information content (AvgIpc) is 2.23. The van der Waals surface area contributed by atoms with Crippen LogP contribution in [0.3, 0.4) is 0 Å². The normalized spacial score (nSPS) is 13.5. The second-order valence-electron chi connectivity index (χ2n) is 4.38. The lowest BCUT2D eigenvalue weighted by molar-refractivity contribution is -0.140.